The molecule has 1 aliphatic carbocycles. The summed E-state index contributed by atoms with van der Waals surface area (Å²) in [7, 11) is 0. The van der Waals surface area contributed by atoms with Crippen LogP contribution < -0.4 is 0 Å². The molecule has 1 saturated heterocycles. The number of hydrogen-bond donors (Lipinski definition) is 0. The van der Waals surface area contributed by atoms with Gasteiger partial charge in [0.2, 0.25) is 0 Å². The van der Waals surface area contributed by atoms with Crippen molar-refractivity contribution in [1.29, 1.82) is 0 Å². The van der Waals surface area contributed by atoms with Crippen molar-refractivity contribution in [3.63, 3.8) is 0 Å². The first-order chi connectivity index (χ1) is 12.8. The molecule has 0 N–H and O–H groups in total. The van der Waals surface area contributed by atoms with Gasteiger partial charge in [0.15, 0.2) is 5.65 Å². The molecule has 1 saturated carbocycles. The van der Waals surface area contributed by atoms with Gasteiger partial charge in [-0.05, 0) is 38.2 Å². The van der Waals surface area contributed by atoms with Crippen molar-refractivity contribution < 1.29 is 4.79 Å². The fraction of sp³-hybridized carbons (Fsp3) is 0.421. The summed E-state index contributed by atoms with van der Waals surface area (Å²) in [5.74, 6) is 1.35. The summed E-state index contributed by atoms with van der Waals surface area (Å²) in [5.41, 5.74) is 2.28. The monoisotopic (exact) mass is 348 g/mol. The van der Waals surface area contributed by atoms with Gasteiger partial charge in [0.1, 0.15) is 5.82 Å². The molecule has 5 rings (SSSR count). The van der Waals surface area contributed by atoms with Gasteiger partial charge < -0.3 is 4.90 Å². The molecule has 3 aromatic heterocycles. The van der Waals surface area contributed by atoms with Gasteiger partial charge in [0.25, 0.3) is 5.91 Å². The van der Waals surface area contributed by atoms with E-state index in [0.29, 0.717) is 11.5 Å². The van der Waals surface area contributed by atoms with Crippen LogP contribution in [0.2, 0.25) is 0 Å². The van der Waals surface area contributed by atoms with Gasteiger partial charge in [-0.25, -0.2) is 19.5 Å². The molecule has 2 aliphatic rings. The molecule has 0 bridgehead atoms. The fourth-order valence-electron chi connectivity index (χ4n) is 3.66. The highest BCUT2D eigenvalue weighted by Gasteiger charge is 2.31. The maximum atomic E-state index is 13.1. The first-order valence-electron chi connectivity index (χ1n) is 9.23. The maximum Gasteiger partial charge on any atom is 0.257 e. The first kappa shape index (κ1) is 15.4. The standard InChI is InChI=1S/C19H20N6O/c26-19(14-11-20-18(21-12-14)13-4-5-13)24-9-2-1-3-16(24)15-7-10-25-17(23-15)6-8-22-25/h6-8,10-13,16H,1-5,9H2/t16-/m0/s1. The predicted octanol–water partition coefficient (Wildman–Crippen LogP) is 2.76. The highest BCUT2D eigenvalue weighted by Crippen LogP contribution is 2.37. The molecule has 7 nitrogen and oxygen atoms in total. The Kier molecular flexibility index (Phi) is 3.65. The van der Waals surface area contributed by atoms with Crippen LogP contribution in [0.4, 0.5) is 0 Å². The number of carbonyl (C=O) groups excluding carboxylic acids is 1. The van der Waals surface area contributed by atoms with E-state index in [2.05, 4.69) is 15.1 Å². The SMILES string of the molecule is O=C(c1cnc(C2CC2)nc1)N1CCCC[C@H]1c1ccn2nccc2n1. The third kappa shape index (κ3) is 2.73. The van der Waals surface area contributed by atoms with Crippen molar-refractivity contribution in [2.75, 3.05) is 6.54 Å². The quantitative estimate of drug-likeness (QED) is 0.727. The van der Waals surface area contributed by atoms with Crippen molar-refractivity contribution in [1.82, 2.24) is 29.5 Å². The first-order valence-corrected chi connectivity index (χ1v) is 9.23. The molecule has 1 amide bonds. The van der Waals surface area contributed by atoms with Crippen LogP contribution >= 0.6 is 0 Å². The fourth-order valence-corrected chi connectivity index (χ4v) is 3.66. The largest absolute Gasteiger partial charge is 0.330 e. The Morgan fingerprint density at radius 2 is 1.92 bits per heavy atom. The molecular formula is C19H20N6O. The Morgan fingerprint density at radius 3 is 2.73 bits per heavy atom. The van der Waals surface area contributed by atoms with Crippen LogP contribution in [0.5, 0.6) is 0 Å². The smallest absolute Gasteiger partial charge is 0.257 e. The molecule has 0 aromatic carbocycles. The number of fused-ring (bicyclic) bond motifs is 1. The van der Waals surface area contributed by atoms with Gasteiger partial charge >= 0.3 is 0 Å². The zero-order chi connectivity index (χ0) is 17.5. The van der Waals surface area contributed by atoms with Crippen LogP contribution in [0.15, 0.2) is 36.9 Å². The molecule has 26 heavy (non-hydrogen) atoms. The van der Waals surface area contributed by atoms with E-state index in [1.54, 1.807) is 23.1 Å². The summed E-state index contributed by atoms with van der Waals surface area (Å²) in [4.78, 5) is 28.5. The normalized spacial score (nSPS) is 20.5. The van der Waals surface area contributed by atoms with Crippen molar-refractivity contribution >= 4 is 11.6 Å². The van der Waals surface area contributed by atoms with E-state index < -0.39 is 0 Å². The van der Waals surface area contributed by atoms with Crippen molar-refractivity contribution in [3.8, 4) is 0 Å². The third-order valence-electron chi connectivity index (χ3n) is 5.25. The molecule has 0 radical (unpaired) electrons. The number of piperidine rings is 1. The second-order valence-electron chi connectivity index (χ2n) is 7.10. The van der Waals surface area contributed by atoms with E-state index in [0.717, 1.165) is 55.8 Å². The van der Waals surface area contributed by atoms with Crippen LogP contribution in [0, 0.1) is 0 Å². The van der Waals surface area contributed by atoms with E-state index in [-0.39, 0.29) is 11.9 Å². The maximum absolute atomic E-state index is 13.1. The van der Waals surface area contributed by atoms with Crippen LogP contribution in [-0.4, -0.2) is 41.9 Å². The minimum absolute atomic E-state index is 0.00720. The molecule has 0 spiro atoms. The zero-order valence-electron chi connectivity index (χ0n) is 14.5. The lowest BCUT2D eigenvalue weighted by molar-refractivity contribution is 0.0605. The van der Waals surface area contributed by atoms with Crippen molar-refractivity contribution in [3.05, 3.63) is 54.0 Å². The van der Waals surface area contributed by atoms with Crippen LogP contribution in [-0.2, 0) is 0 Å². The summed E-state index contributed by atoms with van der Waals surface area (Å²) >= 11 is 0. The number of amides is 1. The summed E-state index contributed by atoms with van der Waals surface area (Å²) in [6.07, 6.45) is 12.3. The van der Waals surface area contributed by atoms with Gasteiger partial charge in [0.05, 0.1) is 23.5 Å². The number of rotatable bonds is 3. The Labute approximate surface area is 151 Å². The van der Waals surface area contributed by atoms with Gasteiger partial charge in [-0.15, -0.1) is 0 Å². The van der Waals surface area contributed by atoms with E-state index in [1.165, 1.54) is 0 Å². The van der Waals surface area contributed by atoms with E-state index >= 15 is 0 Å². The van der Waals surface area contributed by atoms with Gasteiger partial charge in [-0.3, -0.25) is 4.79 Å². The molecule has 1 atom stereocenters. The van der Waals surface area contributed by atoms with E-state index in [1.807, 2.05) is 23.2 Å². The molecule has 0 unspecified atom stereocenters. The summed E-state index contributed by atoms with van der Waals surface area (Å²) in [5, 5.41) is 4.19. The number of likely N-dealkylation sites (tertiary alicyclic amines) is 1. The Bertz CT molecular complexity index is 946. The molecule has 1 aliphatic heterocycles. The summed E-state index contributed by atoms with van der Waals surface area (Å²) in [6, 6.07) is 3.82. The van der Waals surface area contributed by atoms with Crippen LogP contribution in [0.3, 0.4) is 0 Å². The summed E-state index contributed by atoms with van der Waals surface area (Å²) < 4.78 is 1.74. The van der Waals surface area contributed by atoms with Crippen molar-refractivity contribution in [2.24, 2.45) is 0 Å². The van der Waals surface area contributed by atoms with Gasteiger partial charge in [-0.2, -0.15) is 5.10 Å². The second-order valence-corrected chi connectivity index (χ2v) is 7.10. The third-order valence-corrected chi connectivity index (χ3v) is 5.25. The Morgan fingerprint density at radius 1 is 1.08 bits per heavy atom. The minimum Gasteiger partial charge on any atom is -0.330 e. The van der Waals surface area contributed by atoms with Crippen molar-refractivity contribution in [2.45, 2.75) is 44.1 Å². The number of nitrogens with zero attached hydrogens (tertiary/aromatic N) is 6. The van der Waals surface area contributed by atoms with Crippen LogP contribution in [0.1, 0.15) is 65.9 Å². The predicted molar refractivity (Wildman–Crippen MR) is 94.6 cm³/mol. The topological polar surface area (TPSA) is 76.3 Å². The van der Waals surface area contributed by atoms with E-state index in [9.17, 15) is 4.79 Å². The van der Waals surface area contributed by atoms with E-state index in [4.69, 9.17) is 4.98 Å². The average molecular weight is 348 g/mol. The molecular weight excluding hydrogens is 328 g/mol. The Balaban J connectivity index is 1.43. The molecule has 3 aromatic rings. The lowest BCUT2D eigenvalue weighted by Crippen LogP contribution is -2.39. The van der Waals surface area contributed by atoms with Gasteiger partial charge in [0, 0.05) is 37.1 Å². The number of aromatic nitrogens is 5. The van der Waals surface area contributed by atoms with Crippen LogP contribution in [0.25, 0.3) is 5.65 Å². The van der Waals surface area contributed by atoms with Gasteiger partial charge in [-0.1, -0.05) is 0 Å². The number of carbonyl (C=O) groups is 1. The Hall–Kier alpha value is -2.83. The molecule has 132 valence electrons. The summed E-state index contributed by atoms with van der Waals surface area (Å²) in [6.45, 7) is 0.736. The minimum atomic E-state index is -0.0146. The highest BCUT2D eigenvalue weighted by atomic mass is 16.2. The average Bonchev–Trinajstić information content (AvgIpc) is 3.44. The number of hydrogen-bond acceptors (Lipinski definition) is 5. The lowest BCUT2D eigenvalue weighted by atomic mass is 9.98. The second kappa shape index (κ2) is 6.16. The molecule has 4 heterocycles. The highest BCUT2D eigenvalue weighted by molar-refractivity contribution is 5.94. The lowest BCUT2D eigenvalue weighted by Gasteiger charge is -2.35. The zero-order valence-corrected chi connectivity index (χ0v) is 14.5. The molecule has 7 heteroatoms. The molecule has 2 fully saturated rings.